The minimum Gasteiger partial charge on any atom is -0.494 e. The molecule has 7 nitrogen and oxygen atoms in total. The normalized spacial score (nSPS) is 12.6. The third kappa shape index (κ3) is 3.55. The zero-order chi connectivity index (χ0) is 20.5. The maximum Gasteiger partial charge on any atom is 0.320 e. The standard InChI is InChI=1S/C19H18F2N6OS/c1-11-8-9-16(28-3)15(10-11)27-19(23-24-25-27)29-12(2)17-22-13-6-4-5-7-14(13)26(17)18(20)21/h4-10,12,18H,1-3H3. The van der Waals surface area contributed by atoms with E-state index in [4.69, 9.17) is 4.74 Å². The monoisotopic (exact) mass is 416 g/mol. The molecule has 0 aliphatic carbocycles. The zero-order valence-electron chi connectivity index (χ0n) is 16.0. The van der Waals surface area contributed by atoms with Gasteiger partial charge < -0.3 is 4.74 Å². The molecule has 4 aromatic rings. The van der Waals surface area contributed by atoms with Crippen molar-refractivity contribution >= 4 is 22.8 Å². The number of hydrogen-bond donors (Lipinski definition) is 0. The molecule has 2 aromatic carbocycles. The summed E-state index contributed by atoms with van der Waals surface area (Å²) in [5, 5.41) is 11.9. The second-order valence-electron chi connectivity index (χ2n) is 6.42. The first-order valence-corrected chi connectivity index (χ1v) is 9.72. The lowest BCUT2D eigenvalue weighted by molar-refractivity contribution is 0.0715. The highest BCUT2D eigenvalue weighted by atomic mass is 32.2. The molecule has 0 saturated heterocycles. The summed E-state index contributed by atoms with van der Waals surface area (Å²) in [5.74, 6) is 0.870. The Morgan fingerprint density at radius 1 is 1.14 bits per heavy atom. The number of para-hydroxylation sites is 2. The molecule has 0 amide bonds. The molecule has 4 rings (SSSR count). The van der Waals surface area contributed by atoms with Gasteiger partial charge in [-0.25, -0.2) is 4.98 Å². The van der Waals surface area contributed by atoms with Crippen LogP contribution in [0.15, 0.2) is 47.6 Å². The van der Waals surface area contributed by atoms with Crippen molar-refractivity contribution in [1.82, 2.24) is 29.8 Å². The zero-order valence-corrected chi connectivity index (χ0v) is 16.8. The van der Waals surface area contributed by atoms with Gasteiger partial charge in [-0.2, -0.15) is 13.5 Å². The summed E-state index contributed by atoms with van der Waals surface area (Å²) in [6.07, 6.45) is 0. The fourth-order valence-corrected chi connectivity index (χ4v) is 4.04. The van der Waals surface area contributed by atoms with E-state index in [2.05, 4.69) is 20.5 Å². The van der Waals surface area contributed by atoms with Gasteiger partial charge in [0.25, 0.3) is 0 Å². The number of rotatable bonds is 6. The third-order valence-electron chi connectivity index (χ3n) is 4.47. The Morgan fingerprint density at radius 3 is 2.69 bits per heavy atom. The molecule has 0 spiro atoms. The molecule has 10 heteroatoms. The molecule has 1 atom stereocenters. The Bertz CT molecular complexity index is 1160. The lowest BCUT2D eigenvalue weighted by Crippen LogP contribution is -2.08. The number of halogens is 2. The molecule has 0 aliphatic rings. The van der Waals surface area contributed by atoms with Gasteiger partial charge in [0.1, 0.15) is 17.3 Å². The SMILES string of the molecule is COc1ccc(C)cc1-n1nnnc1SC(C)c1nc2ccccc2n1C(F)F. The number of nitrogens with zero attached hydrogens (tertiary/aromatic N) is 6. The summed E-state index contributed by atoms with van der Waals surface area (Å²) < 4.78 is 35.5. The van der Waals surface area contributed by atoms with Crippen molar-refractivity contribution in [2.24, 2.45) is 0 Å². The average Bonchev–Trinajstić information content (AvgIpc) is 3.32. The van der Waals surface area contributed by atoms with E-state index in [0.717, 1.165) is 10.1 Å². The molecule has 0 aliphatic heterocycles. The second-order valence-corrected chi connectivity index (χ2v) is 7.72. The Hall–Kier alpha value is -3.01. The average molecular weight is 416 g/mol. The number of fused-ring (bicyclic) bond motifs is 1. The number of ether oxygens (including phenoxy) is 1. The van der Waals surface area contributed by atoms with E-state index >= 15 is 0 Å². The molecule has 2 aromatic heterocycles. The van der Waals surface area contributed by atoms with Crippen LogP contribution in [0.2, 0.25) is 0 Å². The first-order chi connectivity index (χ1) is 14.0. The van der Waals surface area contributed by atoms with Gasteiger partial charge in [-0.1, -0.05) is 30.0 Å². The maximum absolute atomic E-state index is 13.8. The van der Waals surface area contributed by atoms with Gasteiger partial charge in [-0.05, 0) is 54.1 Å². The van der Waals surface area contributed by atoms with Crippen LogP contribution in [0.1, 0.15) is 30.1 Å². The van der Waals surface area contributed by atoms with Gasteiger partial charge in [-0.15, -0.1) is 5.10 Å². The third-order valence-corrected chi connectivity index (χ3v) is 5.50. The first-order valence-electron chi connectivity index (χ1n) is 8.84. The molecule has 150 valence electrons. The van der Waals surface area contributed by atoms with Crippen LogP contribution >= 0.6 is 11.8 Å². The van der Waals surface area contributed by atoms with Gasteiger partial charge >= 0.3 is 6.55 Å². The number of methoxy groups -OCH3 is 1. The molecule has 0 radical (unpaired) electrons. The van der Waals surface area contributed by atoms with E-state index in [0.29, 0.717) is 27.6 Å². The first kappa shape index (κ1) is 19.3. The minimum atomic E-state index is -2.70. The number of imidazole rings is 1. The lowest BCUT2D eigenvalue weighted by Gasteiger charge is -2.14. The number of alkyl halides is 2. The predicted molar refractivity (Wildman–Crippen MR) is 106 cm³/mol. The van der Waals surface area contributed by atoms with Gasteiger partial charge in [0.15, 0.2) is 0 Å². The number of hydrogen-bond acceptors (Lipinski definition) is 6. The fourth-order valence-electron chi connectivity index (χ4n) is 3.13. The smallest absolute Gasteiger partial charge is 0.320 e. The topological polar surface area (TPSA) is 70.7 Å². The van der Waals surface area contributed by atoms with Crippen molar-refractivity contribution in [2.75, 3.05) is 7.11 Å². The number of benzene rings is 2. The highest BCUT2D eigenvalue weighted by Crippen LogP contribution is 2.38. The van der Waals surface area contributed by atoms with Crippen molar-refractivity contribution in [1.29, 1.82) is 0 Å². The quantitative estimate of drug-likeness (QED) is 0.429. The van der Waals surface area contributed by atoms with Crippen LogP contribution in [-0.4, -0.2) is 36.9 Å². The number of thioether (sulfide) groups is 1. The molecular weight excluding hydrogens is 398 g/mol. The predicted octanol–water partition coefficient (Wildman–Crippen LogP) is 4.58. The Kier molecular flexibility index (Phi) is 5.18. The van der Waals surface area contributed by atoms with Gasteiger partial charge in [0.05, 0.1) is 23.4 Å². The summed E-state index contributed by atoms with van der Waals surface area (Å²) >= 11 is 1.25. The van der Waals surface area contributed by atoms with Gasteiger partial charge in [0.2, 0.25) is 5.16 Å². The largest absolute Gasteiger partial charge is 0.494 e. The van der Waals surface area contributed by atoms with E-state index in [9.17, 15) is 8.78 Å². The van der Waals surface area contributed by atoms with Crippen LogP contribution in [0.3, 0.4) is 0 Å². The Morgan fingerprint density at radius 2 is 1.93 bits per heavy atom. The van der Waals surface area contributed by atoms with Crippen LogP contribution in [0.25, 0.3) is 16.7 Å². The van der Waals surface area contributed by atoms with Crippen molar-refractivity contribution < 1.29 is 13.5 Å². The van der Waals surface area contributed by atoms with Crippen LogP contribution in [-0.2, 0) is 0 Å². The van der Waals surface area contributed by atoms with Crippen LogP contribution in [0, 0.1) is 6.92 Å². The van der Waals surface area contributed by atoms with Crippen LogP contribution < -0.4 is 4.74 Å². The van der Waals surface area contributed by atoms with Crippen LogP contribution in [0.4, 0.5) is 8.78 Å². The second kappa shape index (κ2) is 7.78. The summed E-state index contributed by atoms with van der Waals surface area (Å²) in [6, 6.07) is 12.5. The van der Waals surface area contributed by atoms with E-state index in [-0.39, 0.29) is 5.82 Å². The maximum atomic E-state index is 13.8. The molecule has 1 unspecified atom stereocenters. The van der Waals surface area contributed by atoms with Crippen molar-refractivity contribution in [2.45, 2.75) is 30.8 Å². The summed E-state index contributed by atoms with van der Waals surface area (Å²) in [4.78, 5) is 4.42. The molecule has 0 N–H and O–H groups in total. The van der Waals surface area contributed by atoms with Crippen molar-refractivity contribution in [3.05, 3.63) is 53.9 Å². The van der Waals surface area contributed by atoms with E-state index in [1.165, 1.54) is 11.8 Å². The molecular formula is C19H18F2N6OS. The summed E-state index contributed by atoms with van der Waals surface area (Å²) in [5.41, 5.74) is 2.61. The highest BCUT2D eigenvalue weighted by Gasteiger charge is 2.25. The van der Waals surface area contributed by atoms with Gasteiger partial charge in [0, 0.05) is 0 Å². The van der Waals surface area contributed by atoms with Crippen LogP contribution in [0.5, 0.6) is 5.75 Å². The Labute approximate surface area is 169 Å². The molecule has 0 fully saturated rings. The molecule has 29 heavy (non-hydrogen) atoms. The molecule has 0 bridgehead atoms. The summed E-state index contributed by atoms with van der Waals surface area (Å²) in [6.45, 7) is 1.05. The van der Waals surface area contributed by atoms with E-state index in [1.807, 2.05) is 25.1 Å². The van der Waals surface area contributed by atoms with E-state index in [1.54, 1.807) is 43.0 Å². The van der Waals surface area contributed by atoms with Crippen molar-refractivity contribution in [3.63, 3.8) is 0 Å². The van der Waals surface area contributed by atoms with Gasteiger partial charge in [-0.3, -0.25) is 4.57 Å². The number of aromatic nitrogens is 6. The minimum absolute atomic E-state index is 0.261. The van der Waals surface area contributed by atoms with E-state index < -0.39 is 11.8 Å². The summed E-state index contributed by atoms with van der Waals surface area (Å²) in [7, 11) is 1.57. The van der Waals surface area contributed by atoms with Crippen molar-refractivity contribution in [3.8, 4) is 11.4 Å². The molecule has 2 heterocycles. The Balaban J connectivity index is 1.72. The number of aryl methyl sites for hydroxylation is 1. The molecule has 0 saturated carbocycles. The highest BCUT2D eigenvalue weighted by molar-refractivity contribution is 7.99. The lowest BCUT2D eigenvalue weighted by atomic mass is 10.2. The fraction of sp³-hybridized carbons (Fsp3) is 0.263. The number of tetrazole rings is 1.